The third kappa shape index (κ3) is 4.54. The molecule has 4 aromatic heterocycles. The highest BCUT2D eigenvalue weighted by Gasteiger charge is 2.44. The maximum absolute atomic E-state index is 4.79. The molecule has 2 atom stereocenters. The molecule has 0 aliphatic carbocycles. The fourth-order valence-electron chi connectivity index (χ4n) is 5.16. The highest BCUT2D eigenvalue weighted by molar-refractivity contribution is 5.61. The predicted octanol–water partition coefficient (Wildman–Crippen LogP) is 4.04. The van der Waals surface area contributed by atoms with Gasteiger partial charge in [-0.2, -0.15) is 5.10 Å². The molecule has 0 amide bonds. The molecule has 2 N–H and O–H groups in total. The summed E-state index contributed by atoms with van der Waals surface area (Å²) in [5.74, 6) is 3.11. The maximum Gasteiger partial charge on any atom is 0.163 e. The third-order valence-electron chi connectivity index (χ3n) is 7.13. The average Bonchev–Trinajstić information content (AvgIpc) is 3.31. The summed E-state index contributed by atoms with van der Waals surface area (Å²) in [6.07, 6.45) is 6.17. The maximum atomic E-state index is 4.79. The number of aromatic amines is 1. The van der Waals surface area contributed by atoms with Gasteiger partial charge in [0.25, 0.3) is 0 Å². The minimum absolute atomic E-state index is 0.553. The van der Waals surface area contributed by atoms with Crippen molar-refractivity contribution in [2.75, 3.05) is 23.3 Å². The van der Waals surface area contributed by atoms with Gasteiger partial charge in [0.1, 0.15) is 11.6 Å². The first-order valence-electron chi connectivity index (χ1n) is 12.6. The lowest BCUT2D eigenvalue weighted by Gasteiger charge is -2.56. The van der Waals surface area contributed by atoms with Crippen molar-refractivity contribution in [1.82, 2.24) is 35.0 Å². The van der Waals surface area contributed by atoms with E-state index >= 15 is 0 Å². The lowest BCUT2D eigenvalue weighted by atomic mass is 9.87. The summed E-state index contributed by atoms with van der Waals surface area (Å²) in [4.78, 5) is 23.8. The number of pyridine rings is 2. The SMILES string of the molecule is CCc1ccc(CN2C3CC2CN(c2ccc(-c4nc(C)cc(Nc5cc(C)[nH]n5)n4)cn2)C3)nc1. The molecule has 0 spiro atoms. The number of piperidine rings is 1. The lowest BCUT2D eigenvalue weighted by molar-refractivity contribution is -0.00968. The molecule has 3 aliphatic rings. The largest absolute Gasteiger partial charge is 0.353 e. The van der Waals surface area contributed by atoms with Crippen LogP contribution in [0.4, 0.5) is 17.5 Å². The fraction of sp³-hybridized carbons (Fsp3) is 0.370. The Balaban J connectivity index is 1.11. The van der Waals surface area contributed by atoms with Crippen LogP contribution in [0.1, 0.15) is 36.0 Å². The van der Waals surface area contributed by atoms with Crippen molar-refractivity contribution in [3.05, 3.63) is 71.4 Å². The normalized spacial score (nSPS) is 19.2. The molecule has 2 bridgehead atoms. The van der Waals surface area contributed by atoms with Crippen LogP contribution in [0.5, 0.6) is 0 Å². The smallest absolute Gasteiger partial charge is 0.163 e. The van der Waals surface area contributed by atoms with E-state index in [1.807, 2.05) is 38.4 Å². The van der Waals surface area contributed by atoms with Crippen LogP contribution in [-0.2, 0) is 13.0 Å². The number of nitrogens with one attached hydrogen (secondary N) is 2. The standard InChI is InChI=1S/C27H31N9/c1-4-19-5-7-21(28-12-19)14-36-22-11-23(36)16-35(15-22)26-8-6-20(13-29-26)27-30-17(2)9-24(32-27)31-25-10-18(3)33-34-25/h5-10,12-13,22-23H,4,11,14-16H2,1-3H3,(H2,30,31,32,33,34). The van der Waals surface area contributed by atoms with E-state index in [1.165, 1.54) is 12.0 Å². The molecule has 7 rings (SSSR count). The van der Waals surface area contributed by atoms with E-state index in [4.69, 9.17) is 4.98 Å². The minimum atomic E-state index is 0.553. The molecule has 7 heterocycles. The number of H-pyrrole nitrogens is 1. The van der Waals surface area contributed by atoms with Crippen molar-refractivity contribution in [3.8, 4) is 11.4 Å². The lowest BCUT2D eigenvalue weighted by Crippen LogP contribution is -2.68. The van der Waals surface area contributed by atoms with E-state index in [0.29, 0.717) is 23.7 Å². The van der Waals surface area contributed by atoms with E-state index in [9.17, 15) is 0 Å². The van der Waals surface area contributed by atoms with Gasteiger partial charge in [-0.1, -0.05) is 13.0 Å². The Morgan fingerprint density at radius 2 is 1.83 bits per heavy atom. The molecule has 0 aromatic carbocycles. The summed E-state index contributed by atoms with van der Waals surface area (Å²) in [5.41, 5.74) is 5.22. The Kier molecular flexibility index (Phi) is 5.85. The second kappa shape index (κ2) is 9.31. The number of fused-ring (bicyclic) bond motifs is 2. The molecule has 3 aliphatic heterocycles. The van der Waals surface area contributed by atoms with Gasteiger partial charge in [-0.05, 0) is 50.5 Å². The molecule has 9 heteroatoms. The molecule has 2 unspecified atom stereocenters. The van der Waals surface area contributed by atoms with Crippen molar-refractivity contribution < 1.29 is 0 Å². The first kappa shape index (κ1) is 22.6. The molecule has 184 valence electrons. The first-order valence-corrected chi connectivity index (χ1v) is 12.6. The van der Waals surface area contributed by atoms with Crippen LogP contribution in [0.25, 0.3) is 11.4 Å². The number of hydrogen-bond donors (Lipinski definition) is 2. The zero-order chi connectivity index (χ0) is 24.6. The summed E-state index contributed by atoms with van der Waals surface area (Å²) in [5, 5.41) is 10.4. The summed E-state index contributed by atoms with van der Waals surface area (Å²) in [6.45, 7) is 9.01. The zero-order valence-corrected chi connectivity index (χ0v) is 20.9. The molecule has 36 heavy (non-hydrogen) atoms. The molecule has 9 nitrogen and oxygen atoms in total. The van der Waals surface area contributed by atoms with Gasteiger partial charge in [-0.25, -0.2) is 15.0 Å². The predicted molar refractivity (Wildman–Crippen MR) is 140 cm³/mol. The Morgan fingerprint density at radius 1 is 0.972 bits per heavy atom. The van der Waals surface area contributed by atoms with E-state index < -0.39 is 0 Å². The quantitative estimate of drug-likeness (QED) is 0.408. The van der Waals surface area contributed by atoms with Gasteiger partial charge in [0, 0.05) is 73.2 Å². The highest BCUT2D eigenvalue weighted by Crippen LogP contribution is 2.35. The number of nitrogens with zero attached hydrogens (tertiary/aromatic N) is 7. The van der Waals surface area contributed by atoms with Crippen molar-refractivity contribution in [3.63, 3.8) is 0 Å². The topological polar surface area (TPSA) is 98.8 Å². The Hall–Kier alpha value is -3.85. The Morgan fingerprint density at radius 3 is 2.50 bits per heavy atom. The number of aromatic nitrogens is 6. The highest BCUT2D eigenvalue weighted by atomic mass is 15.4. The fourth-order valence-corrected chi connectivity index (χ4v) is 5.16. The van der Waals surface area contributed by atoms with Gasteiger partial charge < -0.3 is 10.2 Å². The van der Waals surface area contributed by atoms with Gasteiger partial charge in [-0.3, -0.25) is 15.0 Å². The van der Waals surface area contributed by atoms with Gasteiger partial charge >= 0.3 is 0 Å². The van der Waals surface area contributed by atoms with E-state index in [1.54, 1.807) is 0 Å². The minimum Gasteiger partial charge on any atom is -0.353 e. The number of piperazine rings is 1. The molecule has 3 saturated heterocycles. The van der Waals surface area contributed by atoms with Crippen molar-refractivity contribution >= 4 is 17.5 Å². The Bertz CT molecular complexity index is 1330. The van der Waals surface area contributed by atoms with Crippen LogP contribution in [0.15, 0.2) is 48.8 Å². The second-order valence-corrected chi connectivity index (χ2v) is 9.82. The first-order chi connectivity index (χ1) is 17.5. The van der Waals surface area contributed by atoms with Crippen LogP contribution < -0.4 is 10.2 Å². The number of rotatable bonds is 7. The van der Waals surface area contributed by atoms with Crippen LogP contribution in [0.2, 0.25) is 0 Å². The Labute approximate surface area is 211 Å². The van der Waals surface area contributed by atoms with Crippen molar-refractivity contribution in [1.29, 1.82) is 0 Å². The zero-order valence-electron chi connectivity index (χ0n) is 20.9. The summed E-state index contributed by atoms with van der Waals surface area (Å²) in [7, 11) is 0. The van der Waals surface area contributed by atoms with E-state index in [-0.39, 0.29) is 0 Å². The number of hydrogen-bond acceptors (Lipinski definition) is 8. The van der Waals surface area contributed by atoms with E-state index in [2.05, 4.69) is 71.5 Å². The monoisotopic (exact) mass is 481 g/mol. The molecule has 3 fully saturated rings. The third-order valence-corrected chi connectivity index (χ3v) is 7.13. The van der Waals surface area contributed by atoms with Crippen LogP contribution >= 0.6 is 0 Å². The molecule has 0 saturated carbocycles. The molecular weight excluding hydrogens is 450 g/mol. The van der Waals surface area contributed by atoms with Crippen LogP contribution in [-0.4, -0.2) is 60.2 Å². The van der Waals surface area contributed by atoms with Gasteiger partial charge in [0.2, 0.25) is 0 Å². The van der Waals surface area contributed by atoms with Gasteiger partial charge in [0.15, 0.2) is 11.6 Å². The van der Waals surface area contributed by atoms with Crippen molar-refractivity contribution in [2.24, 2.45) is 0 Å². The van der Waals surface area contributed by atoms with Gasteiger partial charge in [0.05, 0.1) is 5.69 Å². The summed E-state index contributed by atoms with van der Waals surface area (Å²) >= 11 is 0. The van der Waals surface area contributed by atoms with Crippen LogP contribution in [0.3, 0.4) is 0 Å². The number of anilines is 3. The average molecular weight is 482 g/mol. The van der Waals surface area contributed by atoms with Gasteiger partial charge in [-0.15, -0.1) is 0 Å². The van der Waals surface area contributed by atoms with E-state index in [0.717, 1.165) is 60.3 Å². The summed E-state index contributed by atoms with van der Waals surface area (Å²) in [6, 6.07) is 13.5. The van der Waals surface area contributed by atoms with Crippen molar-refractivity contribution in [2.45, 2.75) is 52.2 Å². The number of aryl methyl sites for hydroxylation is 3. The second-order valence-electron chi connectivity index (χ2n) is 9.82. The molecule has 4 aromatic rings. The summed E-state index contributed by atoms with van der Waals surface area (Å²) < 4.78 is 0. The van der Waals surface area contributed by atoms with Crippen LogP contribution in [0, 0.1) is 13.8 Å². The molecule has 0 radical (unpaired) electrons. The molecular formula is C27H31N9.